The normalized spacial score (nSPS) is 11.5. The molecule has 0 unspecified atom stereocenters. The first-order chi connectivity index (χ1) is 7.29. The van der Waals surface area contributed by atoms with Gasteiger partial charge < -0.3 is 0 Å². The average molecular weight is 271 g/mol. The fourth-order valence-electron chi connectivity index (χ4n) is 0.950. The van der Waals surface area contributed by atoms with E-state index in [2.05, 4.69) is 4.98 Å². The number of halogens is 4. The van der Waals surface area contributed by atoms with Crippen molar-refractivity contribution in [2.75, 3.05) is 0 Å². The highest BCUT2D eigenvalue weighted by molar-refractivity contribution is 8.13. The van der Waals surface area contributed by atoms with Gasteiger partial charge in [-0.2, -0.15) is 5.26 Å². The summed E-state index contributed by atoms with van der Waals surface area (Å²) >= 11 is 0. The highest BCUT2D eigenvalue weighted by Gasteiger charge is 2.29. The Morgan fingerprint density at radius 2 is 2.06 bits per heavy atom. The summed E-state index contributed by atoms with van der Waals surface area (Å²) in [6.45, 7) is 0. The summed E-state index contributed by atoms with van der Waals surface area (Å²) in [5, 5.41) is 7.08. The number of hydrogen-bond donors (Lipinski definition) is 0. The molecule has 0 amide bonds. The van der Waals surface area contributed by atoms with E-state index in [0.717, 1.165) is 0 Å². The van der Waals surface area contributed by atoms with Gasteiger partial charge in [0.05, 0.1) is 5.56 Å². The average Bonchev–Trinajstić information content (AvgIpc) is 2.15. The van der Waals surface area contributed by atoms with Gasteiger partial charge in [-0.1, -0.05) is 0 Å². The molecular formula is C7H2ClF3N2O2S. The van der Waals surface area contributed by atoms with Crippen LogP contribution in [0.1, 0.15) is 17.6 Å². The molecule has 4 nitrogen and oxygen atoms in total. The number of alkyl halides is 2. The summed E-state index contributed by atoms with van der Waals surface area (Å²) in [5.74, 6) is -1.63. The zero-order valence-electron chi connectivity index (χ0n) is 7.29. The minimum absolute atomic E-state index is 0.524. The van der Waals surface area contributed by atoms with Gasteiger partial charge in [0, 0.05) is 16.9 Å². The summed E-state index contributed by atoms with van der Waals surface area (Å²) in [6, 6.07) is 1.26. The van der Waals surface area contributed by atoms with Gasteiger partial charge in [-0.05, 0) is 0 Å². The summed E-state index contributed by atoms with van der Waals surface area (Å²) in [6.07, 6.45) is -2.92. The standard InChI is InChI=1S/C7H2ClF3N2O2S/c8-16(14,15)7-4(6(10)11)5(9)3(1-12)2-13-7/h2,6H. The van der Waals surface area contributed by atoms with Crippen molar-refractivity contribution in [3.8, 4) is 6.07 Å². The Bertz CT molecular complexity index is 568. The molecule has 0 fully saturated rings. The van der Waals surface area contributed by atoms with E-state index in [1.807, 2.05) is 0 Å². The molecule has 0 atom stereocenters. The van der Waals surface area contributed by atoms with Crippen molar-refractivity contribution in [1.82, 2.24) is 4.98 Å². The van der Waals surface area contributed by atoms with Crippen LogP contribution in [0, 0.1) is 17.1 Å². The van der Waals surface area contributed by atoms with Gasteiger partial charge in [-0.25, -0.2) is 26.6 Å². The molecule has 0 N–H and O–H groups in total. The number of nitrogens with zero attached hydrogens (tertiary/aromatic N) is 2. The fourth-order valence-corrected chi connectivity index (χ4v) is 1.94. The van der Waals surface area contributed by atoms with Gasteiger partial charge in [0.2, 0.25) is 0 Å². The minimum atomic E-state index is -4.59. The molecular weight excluding hydrogens is 269 g/mol. The van der Waals surface area contributed by atoms with Gasteiger partial charge in [0.15, 0.2) is 10.8 Å². The minimum Gasteiger partial charge on any atom is -0.241 e. The van der Waals surface area contributed by atoms with Crippen LogP contribution in [0.2, 0.25) is 0 Å². The lowest BCUT2D eigenvalue weighted by Gasteiger charge is -2.06. The van der Waals surface area contributed by atoms with Crippen LogP contribution in [-0.4, -0.2) is 13.4 Å². The van der Waals surface area contributed by atoms with Crippen LogP contribution >= 0.6 is 10.7 Å². The first kappa shape index (κ1) is 12.7. The topological polar surface area (TPSA) is 70.8 Å². The lowest BCUT2D eigenvalue weighted by Crippen LogP contribution is -2.07. The van der Waals surface area contributed by atoms with Crippen LogP contribution in [0.4, 0.5) is 13.2 Å². The SMILES string of the molecule is N#Cc1cnc(S(=O)(=O)Cl)c(C(F)F)c1F. The van der Waals surface area contributed by atoms with Crippen LogP contribution < -0.4 is 0 Å². The van der Waals surface area contributed by atoms with Crippen molar-refractivity contribution >= 4 is 19.7 Å². The van der Waals surface area contributed by atoms with Crippen molar-refractivity contribution in [3.63, 3.8) is 0 Å². The number of hydrogen-bond acceptors (Lipinski definition) is 4. The molecule has 0 saturated heterocycles. The molecule has 0 bridgehead atoms. The molecule has 16 heavy (non-hydrogen) atoms. The lowest BCUT2D eigenvalue weighted by atomic mass is 10.2. The van der Waals surface area contributed by atoms with E-state index in [4.69, 9.17) is 15.9 Å². The van der Waals surface area contributed by atoms with Crippen molar-refractivity contribution in [2.24, 2.45) is 0 Å². The van der Waals surface area contributed by atoms with E-state index in [-0.39, 0.29) is 0 Å². The Balaban J connectivity index is 3.69. The van der Waals surface area contributed by atoms with E-state index in [1.165, 1.54) is 6.07 Å². The molecule has 0 saturated carbocycles. The van der Waals surface area contributed by atoms with Crippen molar-refractivity contribution < 1.29 is 21.6 Å². The van der Waals surface area contributed by atoms with E-state index >= 15 is 0 Å². The van der Waals surface area contributed by atoms with Crippen LogP contribution in [-0.2, 0) is 9.05 Å². The first-order valence-corrected chi connectivity index (χ1v) is 5.91. The van der Waals surface area contributed by atoms with Crippen LogP contribution in [0.25, 0.3) is 0 Å². The quantitative estimate of drug-likeness (QED) is 0.770. The molecule has 1 heterocycles. The molecule has 1 aromatic rings. The molecule has 0 aliphatic carbocycles. The largest absolute Gasteiger partial charge is 0.279 e. The van der Waals surface area contributed by atoms with Crippen molar-refractivity contribution in [3.05, 3.63) is 23.1 Å². The zero-order valence-corrected chi connectivity index (χ0v) is 8.86. The maximum Gasteiger partial charge on any atom is 0.279 e. The number of nitriles is 1. The Morgan fingerprint density at radius 1 is 1.50 bits per heavy atom. The maximum absolute atomic E-state index is 13.2. The molecule has 0 aliphatic heterocycles. The summed E-state index contributed by atoms with van der Waals surface area (Å²) < 4.78 is 59.8. The van der Waals surface area contributed by atoms with Gasteiger partial charge in [-0.15, -0.1) is 0 Å². The molecule has 1 rings (SSSR count). The molecule has 0 radical (unpaired) electrons. The van der Waals surface area contributed by atoms with Crippen LogP contribution in [0.3, 0.4) is 0 Å². The number of rotatable bonds is 2. The number of aromatic nitrogens is 1. The maximum atomic E-state index is 13.2. The van der Waals surface area contributed by atoms with Gasteiger partial charge in [0.1, 0.15) is 11.6 Å². The van der Waals surface area contributed by atoms with Crippen molar-refractivity contribution in [2.45, 2.75) is 11.5 Å². The van der Waals surface area contributed by atoms with E-state index in [0.29, 0.717) is 6.20 Å². The van der Waals surface area contributed by atoms with E-state index in [1.54, 1.807) is 0 Å². The first-order valence-electron chi connectivity index (χ1n) is 3.60. The van der Waals surface area contributed by atoms with E-state index < -0.39 is 37.4 Å². The molecule has 0 aromatic carbocycles. The highest BCUT2D eigenvalue weighted by Crippen LogP contribution is 2.30. The predicted octanol–water partition coefficient (Wildman–Crippen LogP) is 1.96. The Kier molecular flexibility index (Phi) is 3.40. The Hall–Kier alpha value is -1.33. The second kappa shape index (κ2) is 4.27. The third-order valence-corrected chi connectivity index (χ3v) is 2.81. The monoisotopic (exact) mass is 270 g/mol. The van der Waals surface area contributed by atoms with Crippen molar-refractivity contribution in [1.29, 1.82) is 5.26 Å². The Labute approximate surface area is 92.7 Å². The molecule has 9 heteroatoms. The summed E-state index contributed by atoms with van der Waals surface area (Å²) in [5.41, 5.74) is -2.27. The molecule has 86 valence electrons. The molecule has 0 aliphatic rings. The predicted molar refractivity (Wildman–Crippen MR) is 46.9 cm³/mol. The van der Waals surface area contributed by atoms with Crippen LogP contribution in [0.15, 0.2) is 11.2 Å². The summed E-state index contributed by atoms with van der Waals surface area (Å²) in [7, 11) is 0.208. The second-order valence-electron chi connectivity index (χ2n) is 2.56. The zero-order chi connectivity index (χ0) is 12.5. The molecule has 1 aromatic heterocycles. The van der Waals surface area contributed by atoms with Gasteiger partial charge >= 0.3 is 0 Å². The number of pyridine rings is 1. The second-order valence-corrected chi connectivity index (χ2v) is 5.04. The smallest absolute Gasteiger partial charge is 0.241 e. The van der Waals surface area contributed by atoms with Crippen LogP contribution in [0.5, 0.6) is 0 Å². The Morgan fingerprint density at radius 3 is 2.44 bits per heavy atom. The van der Waals surface area contributed by atoms with Gasteiger partial charge in [-0.3, -0.25) is 0 Å². The van der Waals surface area contributed by atoms with Gasteiger partial charge in [0.25, 0.3) is 15.5 Å². The fraction of sp³-hybridized carbons (Fsp3) is 0.143. The highest BCUT2D eigenvalue weighted by atomic mass is 35.7. The summed E-state index contributed by atoms with van der Waals surface area (Å²) in [4.78, 5) is 3.04. The lowest BCUT2D eigenvalue weighted by molar-refractivity contribution is 0.141. The third-order valence-electron chi connectivity index (χ3n) is 1.58. The third kappa shape index (κ3) is 2.25. The van der Waals surface area contributed by atoms with E-state index in [9.17, 15) is 21.6 Å². The molecule has 0 spiro atoms.